The van der Waals surface area contributed by atoms with Gasteiger partial charge in [0.2, 0.25) is 0 Å². The van der Waals surface area contributed by atoms with Gasteiger partial charge in [0.25, 0.3) is 0 Å². The Bertz CT molecular complexity index is 579. The van der Waals surface area contributed by atoms with Crippen LogP contribution in [0, 0.1) is 6.92 Å². The summed E-state index contributed by atoms with van der Waals surface area (Å²) in [5.74, 6) is 0.811. The predicted molar refractivity (Wildman–Crippen MR) is 57.5 cm³/mol. The summed E-state index contributed by atoms with van der Waals surface area (Å²) in [6.45, 7) is 1.92. The van der Waals surface area contributed by atoms with Crippen molar-refractivity contribution in [3.05, 3.63) is 24.2 Å². The molecule has 0 aliphatic carbocycles. The van der Waals surface area contributed by atoms with E-state index in [-0.39, 0.29) is 0 Å². The van der Waals surface area contributed by atoms with Gasteiger partial charge in [0.1, 0.15) is 4.88 Å². The van der Waals surface area contributed by atoms with Crippen molar-refractivity contribution in [2.75, 3.05) is 0 Å². The summed E-state index contributed by atoms with van der Waals surface area (Å²) in [6, 6.07) is 1.87. The molecule has 0 atom stereocenters. The molecule has 0 amide bonds. The van der Waals surface area contributed by atoms with Crippen LogP contribution in [0.5, 0.6) is 0 Å². The molecule has 0 aromatic carbocycles. The van der Waals surface area contributed by atoms with E-state index in [1.165, 1.54) is 11.5 Å². The molecule has 0 saturated carbocycles. The zero-order valence-electron chi connectivity index (χ0n) is 7.93. The zero-order valence-corrected chi connectivity index (χ0v) is 8.75. The van der Waals surface area contributed by atoms with Crippen molar-refractivity contribution in [1.82, 2.24) is 24.5 Å². The summed E-state index contributed by atoms with van der Waals surface area (Å²) >= 11 is 1.34. The second-order valence-electron chi connectivity index (χ2n) is 3.17. The van der Waals surface area contributed by atoms with Crippen molar-refractivity contribution in [2.24, 2.45) is 0 Å². The first kappa shape index (κ1) is 8.49. The van der Waals surface area contributed by atoms with Crippen LogP contribution in [-0.2, 0) is 0 Å². The molecule has 3 aromatic rings. The van der Waals surface area contributed by atoms with Gasteiger partial charge in [0, 0.05) is 6.20 Å². The Hall–Kier alpha value is -1.82. The number of hydrogen-bond acceptors (Lipinski definition) is 5. The number of nitrogens with one attached hydrogen (secondary N) is 1. The molecule has 0 saturated heterocycles. The van der Waals surface area contributed by atoms with E-state index >= 15 is 0 Å². The molecule has 5 nitrogen and oxygen atoms in total. The van der Waals surface area contributed by atoms with Crippen molar-refractivity contribution in [1.29, 1.82) is 0 Å². The van der Waals surface area contributed by atoms with Crippen LogP contribution in [0.1, 0.15) is 5.69 Å². The van der Waals surface area contributed by atoms with Crippen LogP contribution in [-0.4, -0.2) is 24.5 Å². The average Bonchev–Trinajstić information content (AvgIpc) is 2.82. The third-order valence-corrected chi connectivity index (χ3v) is 2.98. The number of rotatable bonds is 1. The van der Waals surface area contributed by atoms with E-state index < -0.39 is 0 Å². The average molecular weight is 217 g/mol. The van der Waals surface area contributed by atoms with E-state index in [2.05, 4.69) is 24.5 Å². The van der Waals surface area contributed by atoms with E-state index in [0.29, 0.717) is 0 Å². The van der Waals surface area contributed by atoms with Gasteiger partial charge in [-0.3, -0.25) is 4.98 Å². The van der Waals surface area contributed by atoms with Gasteiger partial charge in [-0.05, 0) is 24.5 Å². The molecule has 0 radical (unpaired) electrons. The molecule has 6 heteroatoms. The number of hydrogen-bond donors (Lipinski definition) is 1. The van der Waals surface area contributed by atoms with Gasteiger partial charge in [-0.15, -0.1) is 5.10 Å². The lowest BCUT2D eigenvalue weighted by molar-refractivity contribution is 1.09. The van der Waals surface area contributed by atoms with Crippen LogP contribution in [0.15, 0.2) is 18.5 Å². The van der Waals surface area contributed by atoms with Crippen molar-refractivity contribution < 1.29 is 0 Å². The minimum Gasteiger partial charge on any atom is -0.336 e. The van der Waals surface area contributed by atoms with E-state index in [1.807, 2.05) is 13.0 Å². The number of aromatic amines is 1. The number of aromatic nitrogens is 5. The highest BCUT2D eigenvalue weighted by molar-refractivity contribution is 7.09. The zero-order chi connectivity index (χ0) is 10.3. The summed E-state index contributed by atoms with van der Waals surface area (Å²) in [5.41, 5.74) is 2.74. The predicted octanol–water partition coefficient (Wildman–Crippen LogP) is 1.78. The fourth-order valence-electron chi connectivity index (χ4n) is 1.41. The van der Waals surface area contributed by atoms with Crippen LogP contribution >= 0.6 is 11.5 Å². The van der Waals surface area contributed by atoms with Gasteiger partial charge in [0.15, 0.2) is 5.82 Å². The molecule has 0 fully saturated rings. The molecular formula is C9H7N5S. The van der Waals surface area contributed by atoms with E-state index in [0.717, 1.165) is 27.4 Å². The number of nitrogens with zero attached hydrogens (tertiary/aromatic N) is 4. The molecule has 0 unspecified atom stereocenters. The van der Waals surface area contributed by atoms with E-state index in [1.54, 1.807) is 12.4 Å². The molecule has 0 aliphatic rings. The summed E-state index contributed by atoms with van der Waals surface area (Å²) in [6.07, 6.45) is 3.49. The summed E-state index contributed by atoms with van der Waals surface area (Å²) in [7, 11) is 0. The van der Waals surface area contributed by atoms with Gasteiger partial charge in [0.05, 0.1) is 22.9 Å². The summed E-state index contributed by atoms with van der Waals surface area (Å²) < 4.78 is 3.88. The molecular weight excluding hydrogens is 210 g/mol. The summed E-state index contributed by atoms with van der Waals surface area (Å²) in [5, 5.41) is 3.96. The normalized spacial score (nSPS) is 11.0. The fraction of sp³-hybridized carbons (Fsp3) is 0.111. The van der Waals surface area contributed by atoms with E-state index in [4.69, 9.17) is 0 Å². The van der Waals surface area contributed by atoms with Gasteiger partial charge < -0.3 is 4.98 Å². The van der Waals surface area contributed by atoms with E-state index in [9.17, 15) is 0 Å². The first-order chi connectivity index (χ1) is 7.34. The van der Waals surface area contributed by atoms with Crippen LogP contribution in [0.4, 0.5) is 0 Å². The highest BCUT2D eigenvalue weighted by atomic mass is 32.1. The third-order valence-electron chi connectivity index (χ3n) is 2.15. The Morgan fingerprint density at radius 2 is 2.33 bits per heavy atom. The van der Waals surface area contributed by atoms with Gasteiger partial charge in [-0.2, -0.15) is 0 Å². The van der Waals surface area contributed by atoms with Crippen LogP contribution in [0.25, 0.3) is 21.7 Å². The molecule has 3 rings (SSSR count). The third kappa shape index (κ3) is 1.30. The van der Waals surface area contributed by atoms with Gasteiger partial charge in [-0.25, -0.2) is 4.98 Å². The SMILES string of the molecule is Cc1nnsc1-c1nc2ccncc2[nH]1. The number of aryl methyl sites for hydroxylation is 1. The topological polar surface area (TPSA) is 67.3 Å². The Balaban J connectivity index is 2.24. The second-order valence-corrected chi connectivity index (χ2v) is 3.92. The van der Waals surface area contributed by atoms with Crippen molar-refractivity contribution >= 4 is 22.6 Å². The molecule has 0 aliphatic heterocycles. The number of H-pyrrole nitrogens is 1. The quantitative estimate of drug-likeness (QED) is 0.674. The van der Waals surface area contributed by atoms with Crippen molar-refractivity contribution in [3.63, 3.8) is 0 Å². The molecule has 0 spiro atoms. The molecule has 3 aromatic heterocycles. The molecule has 74 valence electrons. The molecule has 0 bridgehead atoms. The maximum atomic E-state index is 4.45. The molecule has 3 heterocycles. The van der Waals surface area contributed by atoms with Crippen molar-refractivity contribution in [2.45, 2.75) is 6.92 Å². The van der Waals surface area contributed by atoms with Crippen LogP contribution in [0.2, 0.25) is 0 Å². The minimum atomic E-state index is 0.811. The number of fused-ring (bicyclic) bond motifs is 1. The maximum absolute atomic E-state index is 4.45. The Labute approximate surface area is 89.4 Å². The smallest absolute Gasteiger partial charge is 0.152 e. The lowest BCUT2D eigenvalue weighted by atomic mass is 10.4. The Kier molecular flexibility index (Phi) is 1.75. The lowest BCUT2D eigenvalue weighted by Crippen LogP contribution is -1.79. The number of imidazole rings is 1. The fourth-order valence-corrected chi connectivity index (χ4v) is 2.01. The molecule has 15 heavy (non-hydrogen) atoms. The minimum absolute atomic E-state index is 0.811. The maximum Gasteiger partial charge on any atom is 0.152 e. The van der Waals surface area contributed by atoms with Gasteiger partial charge >= 0.3 is 0 Å². The highest BCUT2D eigenvalue weighted by Crippen LogP contribution is 2.24. The Morgan fingerprint density at radius 1 is 1.40 bits per heavy atom. The standard InChI is InChI=1S/C9H7N5S/c1-5-8(15-14-13-5)9-11-6-2-3-10-4-7(6)12-9/h2-4H,1H3,(H,11,12). The van der Waals surface area contributed by atoms with Crippen LogP contribution in [0.3, 0.4) is 0 Å². The highest BCUT2D eigenvalue weighted by Gasteiger charge is 2.10. The lowest BCUT2D eigenvalue weighted by Gasteiger charge is -1.88. The first-order valence-electron chi connectivity index (χ1n) is 4.43. The summed E-state index contributed by atoms with van der Waals surface area (Å²) in [4.78, 5) is 12.7. The van der Waals surface area contributed by atoms with Crippen LogP contribution < -0.4 is 0 Å². The number of pyridine rings is 1. The largest absolute Gasteiger partial charge is 0.336 e. The Morgan fingerprint density at radius 3 is 3.07 bits per heavy atom. The second kappa shape index (κ2) is 3.09. The molecule has 1 N–H and O–H groups in total. The monoisotopic (exact) mass is 217 g/mol. The first-order valence-corrected chi connectivity index (χ1v) is 5.21. The van der Waals surface area contributed by atoms with Crippen molar-refractivity contribution in [3.8, 4) is 10.7 Å². The van der Waals surface area contributed by atoms with Gasteiger partial charge in [-0.1, -0.05) is 4.49 Å².